The standard InChI is InChI=1S/C16H14.C8H8O3S.C4H9.Na/c1-3-9-15(10-4-1)13-7-8-14-16-11-5-2-6-12-16;9-12(10,11)7-6-8-4-2-1-3-5-8;1-4(2)3;/h1-14H;1-7H,(H,9,10,11);1-3H3;. The normalized spacial score (nSPS) is 11.7. The second-order valence-electron chi connectivity index (χ2n) is 8.77. The summed E-state index contributed by atoms with van der Waals surface area (Å²) in [7, 11) is -4.00. The largest absolute Gasteiger partial charge is 0.287 e. The van der Waals surface area contributed by atoms with E-state index in [1.807, 2.05) is 42.5 Å². The molecule has 0 radical (unpaired) electrons. The fraction of sp³-hybridized carbons (Fsp3) is 0.143. The summed E-state index contributed by atoms with van der Waals surface area (Å²) in [6.45, 7) is 6.75. The van der Waals surface area contributed by atoms with Crippen molar-refractivity contribution in [1.82, 2.24) is 0 Å². The van der Waals surface area contributed by atoms with E-state index in [1.165, 1.54) is 45.1 Å². The van der Waals surface area contributed by atoms with Gasteiger partial charge in [-0.25, -0.2) is 0 Å². The van der Waals surface area contributed by atoms with Crippen molar-refractivity contribution < 1.29 is 13.0 Å². The average Bonchev–Trinajstić information content (AvgIpc) is 2.76. The van der Waals surface area contributed by atoms with Crippen molar-refractivity contribution in [2.24, 2.45) is 0 Å². The first-order valence-electron chi connectivity index (χ1n) is 10.7. The van der Waals surface area contributed by atoms with E-state index in [1.54, 1.807) is 24.3 Å². The van der Waals surface area contributed by atoms with Gasteiger partial charge >= 0.3 is 51.4 Å². The maximum Gasteiger partial charge on any atom is 0.287 e. The Bertz CT molecular complexity index is 1040. The molecule has 0 aromatic heterocycles. The Hall–Kier alpha value is -2.21. The molecular weight excluding hydrogens is 439 g/mol. The van der Waals surface area contributed by atoms with Crippen LogP contribution in [0.3, 0.4) is 0 Å². The molecule has 33 heavy (non-hydrogen) atoms. The van der Waals surface area contributed by atoms with E-state index in [2.05, 4.69) is 69.3 Å². The van der Waals surface area contributed by atoms with Crippen molar-refractivity contribution in [2.75, 3.05) is 0 Å². The molecule has 0 spiro atoms. The van der Waals surface area contributed by atoms with Gasteiger partial charge in [0.15, 0.2) is 0 Å². The molecule has 0 aliphatic heterocycles. The molecule has 0 aliphatic rings. The third-order valence-electron chi connectivity index (χ3n) is 3.52. The van der Waals surface area contributed by atoms with Crippen LogP contribution in [0.1, 0.15) is 37.5 Å². The van der Waals surface area contributed by atoms with Gasteiger partial charge in [-0.1, -0.05) is 115 Å². The van der Waals surface area contributed by atoms with Gasteiger partial charge < -0.3 is 0 Å². The van der Waals surface area contributed by atoms with E-state index in [9.17, 15) is 8.42 Å². The molecule has 5 heteroatoms. The molecule has 0 amide bonds. The van der Waals surface area contributed by atoms with Crippen LogP contribution < -0.4 is 0 Å². The van der Waals surface area contributed by atoms with E-state index < -0.39 is 10.1 Å². The van der Waals surface area contributed by atoms with Crippen LogP contribution in [0, 0.1) is 0 Å². The first kappa shape index (κ1) is 28.8. The van der Waals surface area contributed by atoms with Crippen LogP contribution in [0.4, 0.5) is 0 Å². The summed E-state index contributed by atoms with van der Waals surface area (Å²) in [6.07, 6.45) is 9.64. The van der Waals surface area contributed by atoms with Gasteiger partial charge in [0.2, 0.25) is 0 Å². The van der Waals surface area contributed by atoms with Crippen LogP contribution >= 0.6 is 0 Å². The Kier molecular flexibility index (Phi) is 13.6. The maximum absolute atomic E-state index is 10.3. The summed E-state index contributed by atoms with van der Waals surface area (Å²) in [5, 5.41) is 0.752. The Morgan fingerprint density at radius 2 is 0.909 bits per heavy atom. The number of hydrogen-bond donors (Lipinski definition) is 1. The predicted octanol–water partition coefficient (Wildman–Crippen LogP) is 7.33. The summed E-state index contributed by atoms with van der Waals surface area (Å²) < 4.78 is 29.5. The van der Waals surface area contributed by atoms with Gasteiger partial charge in [0.1, 0.15) is 0 Å². The van der Waals surface area contributed by atoms with Gasteiger partial charge in [0.05, 0.1) is 5.41 Å². The second kappa shape index (κ2) is 15.6. The second-order valence-corrected chi connectivity index (χ2v) is 13.1. The SMILES string of the molecule is C(C=Cc1ccccc1)=Cc1ccccc1.C[C](C)(C)[Na].O=S(=O)(O)C=Cc1ccccc1. The molecule has 0 atom stereocenters. The monoisotopic (exact) mass is 470 g/mol. The molecule has 0 heterocycles. The third kappa shape index (κ3) is 19.0. The van der Waals surface area contributed by atoms with Crippen LogP contribution in [0.5, 0.6) is 0 Å². The van der Waals surface area contributed by atoms with Crippen molar-refractivity contribution in [3.8, 4) is 0 Å². The van der Waals surface area contributed by atoms with Crippen LogP contribution in [-0.2, 0) is 10.1 Å². The predicted molar refractivity (Wildman–Crippen MR) is 143 cm³/mol. The zero-order valence-electron chi connectivity index (χ0n) is 19.8. The van der Waals surface area contributed by atoms with E-state index in [0.29, 0.717) is 2.66 Å². The molecule has 0 aliphatic carbocycles. The minimum absolute atomic E-state index is 0.639. The molecule has 168 valence electrons. The quantitative estimate of drug-likeness (QED) is 0.241. The molecule has 0 bridgehead atoms. The van der Waals surface area contributed by atoms with Crippen LogP contribution in [0.15, 0.2) is 109 Å². The maximum atomic E-state index is 10.3. The smallest absolute Gasteiger partial charge is 0.282 e. The molecule has 0 saturated heterocycles. The Morgan fingerprint density at radius 3 is 1.18 bits per heavy atom. The van der Waals surface area contributed by atoms with E-state index in [0.717, 1.165) is 11.0 Å². The van der Waals surface area contributed by atoms with Crippen molar-refractivity contribution in [3.05, 3.63) is 125 Å². The van der Waals surface area contributed by atoms with Gasteiger partial charge in [0, 0.05) is 0 Å². The van der Waals surface area contributed by atoms with Gasteiger partial charge in [0.25, 0.3) is 10.1 Å². The molecular formula is C28H31NaO3S. The van der Waals surface area contributed by atoms with E-state index in [4.69, 9.17) is 4.55 Å². The first-order chi connectivity index (χ1) is 15.5. The molecule has 3 nitrogen and oxygen atoms in total. The summed E-state index contributed by atoms with van der Waals surface area (Å²) in [4.78, 5) is 0. The Labute approximate surface area is 216 Å². The Balaban J connectivity index is 0.000000283. The zero-order valence-corrected chi connectivity index (χ0v) is 22.6. The number of allylic oxidation sites excluding steroid dienone is 2. The molecule has 1 N–H and O–H groups in total. The average molecular weight is 471 g/mol. The minimum atomic E-state index is -4.00. The zero-order chi connectivity index (χ0) is 24.6. The molecule has 3 aromatic rings. The van der Waals surface area contributed by atoms with Crippen molar-refractivity contribution in [1.29, 1.82) is 0 Å². The topological polar surface area (TPSA) is 54.4 Å². The fourth-order valence-corrected chi connectivity index (χ4v) is 2.52. The van der Waals surface area contributed by atoms with E-state index >= 15 is 0 Å². The summed E-state index contributed by atoms with van der Waals surface area (Å²) in [5.74, 6) is 0. The number of benzene rings is 3. The summed E-state index contributed by atoms with van der Waals surface area (Å²) in [6, 6.07) is 29.4. The van der Waals surface area contributed by atoms with Gasteiger partial charge in [-0.15, -0.1) is 0 Å². The molecule has 3 aromatic carbocycles. The van der Waals surface area contributed by atoms with Crippen LogP contribution in [0.2, 0.25) is 2.66 Å². The van der Waals surface area contributed by atoms with Gasteiger partial charge in [-0.3, -0.25) is 4.55 Å². The molecule has 0 fully saturated rings. The Morgan fingerprint density at radius 1 is 0.636 bits per heavy atom. The number of rotatable bonds is 5. The molecule has 3 rings (SSSR count). The fourth-order valence-electron chi connectivity index (χ4n) is 2.19. The van der Waals surface area contributed by atoms with Crippen molar-refractivity contribution >= 4 is 56.3 Å². The van der Waals surface area contributed by atoms with Gasteiger partial charge in [-0.05, 0) is 22.8 Å². The first-order valence-corrected chi connectivity index (χ1v) is 13.2. The van der Waals surface area contributed by atoms with Crippen LogP contribution in [0.25, 0.3) is 18.2 Å². The van der Waals surface area contributed by atoms with Crippen molar-refractivity contribution in [2.45, 2.75) is 23.4 Å². The molecule has 0 unspecified atom stereocenters. The summed E-state index contributed by atoms with van der Waals surface area (Å²) >= 11 is 1.31. The van der Waals surface area contributed by atoms with E-state index in [-0.39, 0.29) is 0 Å². The minimum Gasteiger partial charge on any atom is -0.282 e. The summed E-state index contributed by atoms with van der Waals surface area (Å²) in [5.41, 5.74) is 3.18. The van der Waals surface area contributed by atoms with Crippen LogP contribution in [-0.4, -0.2) is 40.9 Å². The van der Waals surface area contributed by atoms with Crippen molar-refractivity contribution in [3.63, 3.8) is 0 Å². The van der Waals surface area contributed by atoms with Gasteiger partial charge in [-0.2, -0.15) is 8.42 Å². The number of hydrogen-bond acceptors (Lipinski definition) is 2. The molecule has 0 saturated carbocycles. The third-order valence-corrected chi connectivity index (χ3v) is 4.00.